The molecular formula is C19H12FN5S. The largest absolute Gasteiger partial charge is 0.229 e. The molecule has 2 aromatic carbocycles. The van der Waals surface area contributed by atoms with E-state index < -0.39 is 0 Å². The Morgan fingerprint density at radius 3 is 2.77 bits per heavy atom. The van der Waals surface area contributed by atoms with Gasteiger partial charge in [0.1, 0.15) is 17.2 Å². The van der Waals surface area contributed by atoms with Crippen molar-refractivity contribution < 1.29 is 4.39 Å². The topological polar surface area (TPSA) is 67.4 Å². The van der Waals surface area contributed by atoms with Gasteiger partial charge < -0.3 is 0 Å². The van der Waals surface area contributed by atoms with Crippen molar-refractivity contribution in [3.8, 4) is 11.8 Å². The highest BCUT2D eigenvalue weighted by atomic mass is 32.2. The van der Waals surface area contributed by atoms with Crippen LogP contribution in [0.1, 0.15) is 11.1 Å². The van der Waals surface area contributed by atoms with E-state index in [0.717, 1.165) is 21.7 Å². The summed E-state index contributed by atoms with van der Waals surface area (Å²) in [5, 5.41) is 15.0. The number of aromatic nitrogens is 4. The minimum atomic E-state index is -0.296. The molecule has 0 radical (unpaired) electrons. The van der Waals surface area contributed by atoms with Gasteiger partial charge in [-0.15, -0.1) is 11.8 Å². The standard InChI is InChI=1S/C19H12FN5S/c20-15-4-6-16(7-5-15)25-18-17(10-24-25)19(23-12-22-18)26-11-14-3-1-2-13(8-14)9-21/h1-8,10,12H,11H2. The quantitative estimate of drug-likeness (QED) is 0.404. The SMILES string of the molecule is N#Cc1cccc(CSc2ncnc3c2cnn3-c2ccc(F)cc2)c1. The molecule has 0 saturated heterocycles. The van der Waals surface area contributed by atoms with Crippen LogP contribution in [0.15, 0.2) is 66.1 Å². The number of rotatable bonds is 4. The average Bonchev–Trinajstić information content (AvgIpc) is 3.12. The predicted molar refractivity (Wildman–Crippen MR) is 97.3 cm³/mol. The second-order valence-electron chi connectivity index (χ2n) is 5.55. The highest BCUT2D eigenvalue weighted by Crippen LogP contribution is 2.28. The molecule has 4 aromatic rings. The minimum absolute atomic E-state index is 0.296. The molecule has 0 saturated carbocycles. The lowest BCUT2D eigenvalue weighted by Gasteiger charge is -2.05. The number of fused-ring (bicyclic) bond motifs is 1. The Bertz CT molecular complexity index is 1110. The molecule has 0 amide bonds. The van der Waals surface area contributed by atoms with Crippen molar-refractivity contribution in [2.24, 2.45) is 0 Å². The van der Waals surface area contributed by atoms with Gasteiger partial charge >= 0.3 is 0 Å². The highest BCUT2D eigenvalue weighted by molar-refractivity contribution is 7.98. The van der Waals surface area contributed by atoms with Crippen LogP contribution in [-0.4, -0.2) is 19.7 Å². The van der Waals surface area contributed by atoms with E-state index in [1.54, 1.807) is 40.8 Å². The third-order valence-electron chi connectivity index (χ3n) is 3.83. The molecule has 0 unspecified atom stereocenters. The third kappa shape index (κ3) is 3.15. The molecule has 0 N–H and O–H groups in total. The van der Waals surface area contributed by atoms with Crippen LogP contribution in [0.4, 0.5) is 4.39 Å². The van der Waals surface area contributed by atoms with E-state index in [4.69, 9.17) is 5.26 Å². The molecule has 4 rings (SSSR count). The summed E-state index contributed by atoms with van der Waals surface area (Å²) in [5.74, 6) is 0.388. The minimum Gasteiger partial charge on any atom is -0.229 e. The molecule has 5 nitrogen and oxygen atoms in total. The summed E-state index contributed by atoms with van der Waals surface area (Å²) in [5.41, 5.74) is 3.09. The Morgan fingerprint density at radius 2 is 1.96 bits per heavy atom. The lowest BCUT2D eigenvalue weighted by atomic mass is 10.2. The summed E-state index contributed by atoms with van der Waals surface area (Å²) in [6, 6.07) is 15.7. The average molecular weight is 361 g/mol. The molecule has 0 aliphatic heterocycles. The first kappa shape index (κ1) is 16.2. The maximum atomic E-state index is 13.1. The van der Waals surface area contributed by atoms with Gasteiger partial charge in [-0.3, -0.25) is 0 Å². The van der Waals surface area contributed by atoms with Gasteiger partial charge in [0.15, 0.2) is 5.65 Å². The number of nitrogens with zero attached hydrogens (tertiary/aromatic N) is 5. The monoisotopic (exact) mass is 361 g/mol. The van der Waals surface area contributed by atoms with Crippen LogP contribution in [-0.2, 0) is 5.75 Å². The summed E-state index contributed by atoms with van der Waals surface area (Å²) in [6.07, 6.45) is 3.21. The van der Waals surface area contributed by atoms with Crippen LogP contribution in [0, 0.1) is 17.1 Å². The molecule has 126 valence electrons. The molecule has 2 heterocycles. The van der Waals surface area contributed by atoms with E-state index in [1.807, 2.05) is 18.2 Å². The molecule has 0 fully saturated rings. The van der Waals surface area contributed by atoms with E-state index in [9.17, 15) is 4.39 Å². The lowest BCUT2D eigenvalue weighted by Crippen LogP contribution is -1.98. The number of benzene rings is 2. The van der Waals surface area contributed by atoms with Crippen molar-refractivity contribution in [2.45, 2.75) is 10.8 Å². The maximum absolute atomic E-state index is 13.1. The predicted octanol–water partition coefficient (Wildman–Crippen LogP) is 4.12. The molecule has 2 aromatic heterocycles. The summed E-state index contributed by atoms with van der Waals surface area (Å²) in [6.45, 7) is 0. The van der Waals surface area contributed by atoms with Crippen molar-refractivity contribution in [3.05, 3.63) is 78.0 Å². The number of nitriles is 1. The summed E-state index contributed by atoms with van der Waals surface area (Å²) < 4.78 is 14.8. The fourth-order valence-electron chi connectivity index (χ4n) is 2.59. The molecule has 0 bridgehead atoms. The van der Waals surface area contributed by atoms with E-state index in [2.05, 4.69) is 21.1 Å². The zero-order valence-corrected chi connectivity index (χ0v) is 14.3. The number of halogens is 1. The summed E-state index contributed by atoms with van der Waals surface area (Å²) >= 11 is 1.56. The fourth-order valence-corrected chi connectivity index (χ4v) is 3.50. The first-order valence-electron chi connectivity index (χ1n) is 7.81. The van der Waals surface area contributed by atoms with E-state index in [0.29, 0.717) is 17.0 Å². The van der Waals surface area contributed by atoms with Crippen molar-refractivity contribution in [3.63, 3.8) is 0 Å². The third-order valence-corrected chi connectivity index (χ3v) is 4.91. The van der Waals surface area contributed by atoms with Crippen LogP contribution in [0.25, 0.3) is 16.7 Å². The molecule has 0 atom stereocenters. The Labute approximate surface area is 153 Å². The van der Waals surface area contributed by atoms with Crippen molar-refractivity contribution in [1.29, 1.82) is 5.26 Å². The van der Waals surface area contributed by atoms with Crippen molar-refractivity contribution in [1.82, 2.24) is 19.7 Å². The zero-order valence-electron chi connectivity index (χ0n) is 13.5. The Morgan fingerprint density at radius 1 is 1.12 bits per heavy atom. The fraction of sp³-hybridized carbons (Fsp3) is 0.0526. The van der Waals surface area contributed by atoms with Gasteiger partial charge in [-0.1, -0.05) is 12.1 Å². The van der Waals surface area contributed by atoms with Gasteiger partial charge in [-0.25, -0.2) is 19.0 Å². The van der Waals surface area contributed by atoms with Crippen molar-refractivity contribution in [2.75, 3.05) is 0 Å². The van der Waals surface area contributed by atoms with Gasteiger partial charge in [0.2, 0.25) is 0 Å². The van der Waals surface area contributed by atoms with Gasteiger partial charge in [0.05, 0.1) is 28.9 Å². The first-order valence-corrected chi connectivity index (χ1v) is 8.79. The van der Waals surface area contributed by atoms with Crippen LogP contribution < -0.4 is 0 Å². The highest BCUT2D eigenvalue weighted by Gasteiger charge is 2.12. The zero-order chi connectivity index (χ0) is 17.9. The molecule has 0 aliphatic carbocycles. The molecule has 26 heavy (non-hydrogen) atoms. The number of hydrogen-bond donors (Lipinski definition) is 0. The summed E-state index contributed by atoms with van der Waals surface area (Å²) in [7, 11) is 0. The van der Waals surface area contributed by atoms with Crippen LogP contribution in [0.2, 0.25) is 0 Å². The lowest BCUT2D eigenvalue weighted by molar-refractivity contribution is 0.627. The van der Waals surface area contributed by atoms with Crippen molar-refractivity contribution >= 4 is 22.8 Å². The van der Waals surface area contributed by atoms with Gasteiger partial charge in [0.25, 0.3) is 0 Å². The van der Waals surface area contributed by atoms with E-state index >= 15 is 0 Å². The van der Waals surface area contributed by atoms with Gasteiger partial charge in [0, 0.05) is 5.75 Å². The normalized spacial score (nSPS) is 10.8. The van der Waals surface area contributed by atoms with Crippen LogP contribution in [0.3, 0.4) is 0 Å². The molecule has 0 aliphatic rings. The number of thioether (sulfide) groups is 1. The van der Waals surface area contributed by atoms with Crippen LogP contribution >= 0.6 is 11.8 Å². The van der Waals surface area contributed by atoms with E-state index in [1.165, 1.54) is 18.5 Å². The van der Waals surface area contributed by atoms with E-state index in [-0.39, 0.29) is 5.82 Å². The number of hydrogen-bond acceptors (Lipinski definition) is 5. The summed E-state index contributed by atoms with van der Waals surface area (Å²) in [4.78, 5) is 8.68. The Balaban J connectivity index is 1.64. The maximum Gasteiger partial charge on any atom is 0.167 e. The van der Waals surface area contributed by atoms with Crippen LogP contribution in [0.5, 0.6) is 0 Å². The first-order chi connectivity index (χ1) is 12.7. The van der Waals surface area contributed by atoms with Gasteiger partial charge in [-0.05, 0) is 42.0 Å². The molecule has 7 heteroatoms. The molecular weight excluding hydrogens is 349 g/mol. The Hall–Kier alpha value is -3.24. The second-order valence-corrected chi connectivity index (χ2v) is 6.51. The molecule has 0 spiro atoms. The second kappa shape index (κ2) is 6.94. The smallest absolute Gasteiger partial charge is 0.167 e. The Kier molecular flexibility index (Phi) is 4.33. The van der Waals surface area contributed by atoms with Gasteiger partial charge in [-0.2, -0.15) is 10.4 Å².